The number of aliphatic hydroxyl groups is 1. The Morgan fingerprint density at radius 2 is 2.31 bits per heavy atom. The fourth-order valence-corrected chi connectivity index (χ4v) is 5.15. The highest BCUT2D eigenvalue weighted by atomic mass is 32.2. The number of ketones is 1. The fraction of sp³-hybridized carbons (Fsp3) is 0.571. The predicted molar refractivity (Wildman–Crippen MR) is 116 cm³/mol. The van der Waals surface area contributed by atoms with E-state index in [9.17, 15) is 14.7 Å². The number of rotatable bonds is 11. The molecule has 0 aromatic carbocycles. The van der Waals surface area contributed by atoms with Crippen molar-refractivity contribution >= 4 is 35.0 Å². The third-order valence-corrected chi connectivity index (χ3v) is 7.02. The maximum Gasteiger partial charge on any atom is 0.512 e. The molecule has 6 nitrogen and oxygen atoms in total. The van der Waals surface area contributed by atoms with Gasteiger partial charge in [-0.25, -0.2) is 4.79 Å². The van der Waals surface area contributed by atoms with Crippen molar-refractivity contribution in [1.82, 2.24) is 4.98 Å². The second-order valence-corrected chi connectivity index (χ2v) is 9.35. The van der Waals surface area contributed by atoms with Crippen LogP contribution in [0.1, 0.15) is 52.4 Å². The number of carbonyl (C=O) groups is 2. The van der Waals surface area contributed by atoms with Crippen LogP contribution in [0.15, 0.2) is 33.5 Å². The third kappa shape index (κ3) is 7.95. The molecule has 0 aliphatic heterocycles. The molecule has 1 aliphatic carbocycles. The molecule has 1 aromatic rings. The van der Waals surface area contributed by atoms with Crippen molar-refractivity contribution in [3.05, 3.63) is 29.2 Å². The summed E-state index contributed by atoms with van der Waals surface area (Å²) in [5, 5.41) is 20.4. The van der Waals surface area contributed by atoms with Crippen LogP contribution in [0.25, 0.3) is 0 Å². The first kappa shape index (κ1) is 23.6. The Morgan fingerprint density at radius 1 is 1.52 bits per heavy atom. The smallest absolute Gasteiger partial charge is 0.449 e. The van der Waals surface area contributed by atoms with E-state index in [0.29, 0.717) is 18.6 Å². The minimum absolute atomic E-state index is 0.00215. The first-order valence-corrected chi connectivity index (χ1v) is 11.8. The van der Waals surface area contributed by atoms with Gasteiger partial charge in [0.05, 0.1) is 11.5 Å². The van der Waals surface area contributed by atoms with Crippen molar-refractivity contribution in [2.24, 2.45) is 11.8 Å². The van der Waals surface area contributed by atoms with E-state index >= 15 is 0 Å². The Morgan fingerprint density at radius 3 is 3.03 bits per heavy atom. The highest BCUT2D eigenvalue weighted by Crippen LogP contribution is 2.35. The van der Waals surface area contributed by atoms with Gasteiger partial charge in [-0.2, -0.15) is 4.98 Å². The highest BCUT2D eigenvalue weighted by Gasteiger charge is 2.32. The molecule has 0 saturated heterocycles. The van der Waals surface area contributed by atoms with E-state index in [1.54, 1.807) is 5.38 Å². The SMILES string of the molecule is CCC/C=C(\C)C(O)C/C=C/[C@H]1CCC(=O)[C@@H]1CCSc1nc(OC(=O)O)cs1. The number of thioether (sulfide) groups is 1. The molecule has 0 spiro atoms. The van der Waals surface area contributed by atoms with Crippen LogP contribution >= 0.6 is 23.1 Å². The summed E-state index contributed by atoms with van der Waals surface area (Å²) in [6, 6.07) is 0. The third-order valence-electron chi connectivity index (χ3n) is 4.99. The Labute approximate surface area is 180 Å². The van der Waals surface area contributed by atoms with Gasteiger partial charge in [0.25, 0.3) is 0 Å². The number of aromatic nitrogens is 1. The van der Waals surface area contributed by atoms with Crippen molar-refractivity contribution in [3.8, 4) is 5.88 Å². The van der Waals surface area contributed by atoms with E-state index in [4.69, 9.17) is 5.11 Å². The summed E-state index contributed by atoms with van der Waals surface area (Å²) in [6.45, 7) is 4.07. The second kappa shape index (κ2) is 12.1. The minimum Gasteiger partial charge on any atom is -0.449 e. The number of allylic oxidation sites excluding steroid dienone is 2. The monoisotopic (exact) mass is 439 g/mol. The number of aliphatic hydroxyl groups excluding tert-OH is 1. The van der Waals surface area contributed by atoms with Gasteiger partial charge in [-0.05, 0) is 44.1 Å². The van der Waals surface area contributed by atoms with Crippen LogP contribution in [-0.4, -0.2) is 39.0 Å². The van der Waals surface area contributed by atoms with Crippen LogP contribution in [0.5, 0.6) is 5.88 Å². The number of ether oxygens (including phenoxy) is 1. The molecule has 0 amide bonds. The lowest BCUT2D eigenvalue weighted by Gasteiger charge is -2.15. The van der Waals surface area contributed by atoms with Crippen molar-refractivity contribution in [2.45, 2.75) is 62.8 Å². The Kier molecular flexibility index (Phi) is 9.90. The molecule has 1 aliphatic rings. The molecule has 1 unspecified atom stereocenters. The normalized spacial score (nSPS) is 21.1. The molecule has 2 rings (SSSR count). The van der Waals surface area contributed by atoms with Gasteiger partial charge in [0.2, 0.25) is 5.88 Å². The van der Waals surface area contributed by atoms with Gasteiger partial charge in [-0.3, -0.25) is 4.79 Å². The van der Waals surface area contributed by atoms with Gasteiger partial charge in [-0.15, -0.1) is 11.3 Å². The second-order valence-electron chi connectivity index (χ2n) is 7.15. The van der Waals surface area contributed by atoms with Crippen LogP contribution in [-0.2, 0) is 4.79 Å². The first-order valence-electron chi connectivity index (χ1n) is 9.93. The van der Waals surface area contributed by atoms with Crippen LogP contribution in [0.2, 0.25) is 0 Å². The van der Waals surface area contributed by atoms with E-state index in [2.05, 4.69) is 28.8 Å². The van der Waals surface area contributed by atoms with Gasteiger partial charge < -0.3 is 14.9 Å². The predicted octanol–water partition coefficient (Wildman–Crippen LogP) is 5.33. The molecule has 1 saturated carbocycles. The van der Waals surface area contributed by atoms with E-state index < -0.39 is 12.3 Å². The average Bonchev–Trinajstić information content (AvgIpc) is 3.26. The van der Waals surface area contributed by atoms with Crippen molar-refractivity contribution in [3.63, 3.8) is 0 Å². The first-order chi connectivity index (χ1) is 13.9. The summed E-state index contributed by atoms with van der Waals surface area (Å²) in [5.74, 6) is 1.35. The van der Waals surface area contributed by atoms with E-state index in [1.165, 1.54) is 23.1 Å². The highest BCUT2D eigenvalue weighted by molar-refractivity contribution is 8.01. The lowest BCUT2D eigenvalue weighted by atomic mass is 9.92. The summed E-state index contributed by atoms with van der Waals surface area (Å²) in [5.41, 5.74) is 1.00. The van der Waals surface area contributed by atoms with E-state index in [1.807, 2.05) is 13.0 Å². The fourth-order valence-electron chi connectivity index (χ4n) is 3.34. The number of carboxylic acid groups (broad SMARTS) is 1. The molecular weight excluding hydrogens is 410 g/mol. The molecule has 0 radical (unpaired) electrons. The quantitative estimate of drug-likeness (QED) is 0.273. The number of carbonyl (C=O) groups excluding carboxylic acids is 1. The Bertz CT molecular complexity index is 743. The Hall–Kier alpha value is -1.64. The number of hydrogen-bond donors (Lipinski definition) is 2. The van der Waals surface area contributed by atoms with Crippen molar-refractivity contribution in [1.29, 1.82) is 0 Å². The van der Waals surface area contributed by atoms with Gasteiger partial charge >= 0.3 is 6.16 Å². The standard InChI is InChI=1S/C21H29NO5S2/c1-3-4-6-14(2)17(23)8-5-7-15-9-10-18(24)16(15)11-12-28-20-22-19(13-29-20)27-21(25)26/h5-7,13,15-17,23H,3-4,8-12H2,1-2H3,(H,25,26)/b7-5+,14-6+/t15-,16+,17?/m0/s1. The molecule has 8 heteroatoms. The van der Waals surface area contributed by atoms with Gasteiger partial charge in [-0.1, -0.05) is 43.3 Å². The van der Waals surface area contributed by atoms with E-state index in [-0.39, 0.29) is 17.7 Å². The summed E-state index contributed by atoms with van der Waals surface area (Å²) in [4.78, 5) is 26.9. The number of unbranched alkanes of at least 4 members (excludes halogenated alkanes) is 1. The lowest BCUT2D eigenvalue weighted by molar-refractivity contribution is -0.121. The molecule has 1 heterocycles. The molecule has 160 valence electrons. The Balaban J connectivity index is 1.80. The van der Waals surface area contributed by atoms with Crippen LogP contribution in [0, 0.1) is 11.8 Å². The van der Waals surface area contributed by atoms with Crippen molar-refractivity contribution < 1.29 is 24.5 Å². The number of nitrogens with zero attached hydrogens (tertiary/aromatic N) is 1. The molecule has 0 bridgehead atoms. The molecule has 29 heavy (non-hydrogen) atoms. The van der Waals surface area contributed by atoms with Crippen LogP contribution in [0.3, 0.4) is 0 Å². The van der Waals surface area contributed by atoms with E-state index in [0.717, 1.165) is 41.3 Å². The van der Waals surface area contributed by atoms with Crippen molar-refractivity contribution in [2.75, 3.05) is 5.75 Å². The van der Waals surface area contributed by atoms with Gasteiger partial charge in [0.1, 0.15) is 5.78 Å². The number of thiazole rings is 1. The summed E-state index contributed by atoms with van der Waals surface area (Å²) in [7, 11) is 0. The molecular formula is C21H29NO5S2. The zero-order chi connectivity index (χ0) is 21.2. The number of hydrogen-bond acceptors (Lipinski definition) is 7. The zero-order valence-corrected chi connectivity index (χ0v) is 18.5. The summed E-state index contributed by atoms with van der Waals surface area (Å²) < 4.78 is 5.26. The van der Waals surface area contributed by atoms with Crippen LogP contribution < -0.4 is 4.74 Å². The minimum atomic E-state index is -1.38. The maximum atomic E-state index is 12.3. The topological polar surface area (TPSA) is 96.7 Å². The molecule has 2 N–H and O–H groups in total. The van der Waals surface area contributed by atoms with Gasteiger partial charge in [0, 0.05) is 18.1 Å². The largest absolute Gasteiger partial charge is 0.512 e. The molecule has 3 atom stereocenters. The van der Waals surface area contributed by atoms with Crippen LogP contribution in [0.4, 0.5) is 4.79 Å². The zero-order valence-electron chi connectivity index (χ0n) is 16.9. The summed E-state index contributed by atoms with van der Waals surface area (Å²) in [6.07, 6.45) is 9.20. The molecule has 1 aromatic heterocycles. The summed E-state index contributed by atoms with van der Waals surface area (Å²) >= 11 is 2.84. The average molecular weight is 440 g/mol. The van der Waals surface area contributed by atoms with Gasteiger partial charge in [0.15, 0.2) is 4.34 Å². The lowest BCUT2D eigenvalue weighted by Crippen LogP contribution is -2.14. The maximum absolute atomic E-state index is 12.3. The number of Topliss-reactive ketones (excluding diaryl/α,β-unsaturated/α-hetero) is 1. The molecule has 1 fully saturated rings.